The van der Waals surface area contributed by atoms with Crippen LogP contribution >= 0.6 is 27.7 Å². The first-order valence-corrected chi connectivity index (χ1v) is 11.8. The normalized spacial score (nSPS) is 16.7. The minimum atomic E-state index is -0.509. The van der Waals surface area contributed by atoms with Gasteiger partial charge in [-0.25, -0.2) is 0 Å². The van der Waals surface area contributed by atoms with Crippen molar-refractivity contribution < 1.29 is 9.59 Å². The lowest BCUT2D eigenvalue weighted by molar-refractivity contribution is -0.124. The molecule has 0 bridgehead atoms. The second-order valence-corrected chi connectivity index (χ2v) is 8.75. The molecule has 0 aliphatic carbocycles. The second kappa shape index (κ2) is 11.7. The average Bonchev–Trinajstić information content (AvgIpc) is 2.67. The SMILES string of the molecule is CCCN1CCC(NC(=O)C(CCSC)NC(=O)c2ccccc2Br)CC1. The maximum absolute atomic E-state index is 12.8. The Bertz CT molecular complexity index is 621. The van der Waals surface area contributed by atoms with Crippen molar-refractivity contribution in [2.75, 3.05) is 31.6 Å². The van der Waals surface area contributed by atoms with Gasteiger partial charge in [-0.3, -0.25) is 9.59 Å². The van der Waals surface area contributed by atoms with Crippen LogP contribution in [-0.2, 0) is 4.79 Å². The van der Waals surface area contributed by atoms with Gasteiger partial charge < -0.3 is 15.5 Å². The molecule has 0 radical (unpaired) electrons. The molecule has 1 fully saturated rings. The van der Waals surface area contributed by atoms with Crippen LogP contribution in [0.25, 0.3) is 0 Å². The van der Waals surface area contributed by atoms with Crippen LogP contribution in [0, 0.1) is 0 Å². The predicted octanol–water partition coefficient (Wildman–Crippen LogP) is 3.29. The summed E-state index contributed by atoms with van der Waals surface area (Å²) in [7, 11) is 0. The van der Waals surface area contributed by atoms with E-state index in [0.717, 1.165) is 49.1 Å². The minimum absolute atomic E-state index is 0.0709. The third kappa shape index (κ3) is 7.12. The number of likely N-dealkylation sites (tertiary alicyclic amines) is 1. The van der Waals surface area contributed by atoms with E-state index in [1.54, 1.807) is 17.8 Å². The number of amides is 2. The van der Waals surface area contributed by atoms with E-state index in [9.17, 15) is 9.59 Å². The van der Waals surface area contributed by atoms with E-state index < -0.39 is 6.04 Å². The third-order valence-electron chi connectivity index (χ3n) is 4.82. The van der Waals surface area contributed by atoms with Crippen LogP contribution in [-0.4, -0.2) is 60.4 Å². The lowest BCUT2D eigenvalue weighted by Gasteiger charge is -2.33. The molecule has 1 aliphatic rings. The van der Waals surface area contributed by atoms with Gasteiger partial charge in [0.15, 0.2) is 0 Å². The van der Waals surface area contributed by atoms with Crippen molar-refractivity contribution in [1.82, 2.24) is 15.5 Å². The Labute approximate surface area is 175 Å². The summed E-state index contributed by atoms with van der Waals surface area (Å²) < 4.78 is 0.731. The maximum Gasteiger partial charge on any atom is 0.253 e. The molecule has 1 aromatic rings. The number of halogens is 1. The Morgan fingerprint density at radius 1 is 1.30 bits per heavy atom. The number of benzene rings is 1. The van der Waals surface area contributed by atoms with Crippen molar-refractivity contribution in [2.45, 2.75) is 44.7 Å². The van der Waals surface area contributed by atoms with Crippen molar-refractivity contribution in [3.05, 3.63) is 34.3 Å². The highest BCUT2D eigenvalue weighted by atomic mass is 79.9. The summed E-state index contributed by atoms with van der Waals surface area (Å²) in [5.74, 6) is 0.531. The number of rotatable bonds is 9. The molecule has 1 aliphatic heterocycles. The Morgan fingerprint density at radius 2 is 2.00 bits per heavy atom. The Morgan fingerprint density at radius 3 is 2.63 bits per heavy atom. The molecule has 1 saturated heterocycles. The van der Waals surface area contributed by atoms with Crippen LogP contribution in [0.15, 0.2) is 28.7 Å². The van der Waals surface area contributed by atoms with Crippen molar-refractivity contribution in [1.29, 1.82) is 0 Å². The van der Waals surface area contributed by atoms with Gasteiger partial charge >= 0.3 is 0 Å². The molecule has 2 N–H and O–H groups in total. The molecular formula is C20H30BrN3O2S. The molecule has 0 spiro atoms. The fraction of sp³-hybridized carbons (Fsp3) is 0.600. The molecule has 5 nitrogen and oxygen atoms in total. The zero-order chi connectivity index (χ0) is 19.6. The highest BCUT2D eigenvalue weighted by molar-refractivity contribution is 9.10. The topological polar surface area (TPSA) is 61.4 Å². The van der Waals surface area contributed by atoms with E-state index in [2.05, 4.69) is 38.4 Å². The number of nitrogens with one attached hydrogen (secondary N) is 2. The fourth-order valence-corrected chi connectivity index (χ4v) is 4.24. The molecule has 1 aromatic carbocycles. The highest BCUT2D eigenvalue weighted by Gasteiger charge is 2.26. The predicted molar refractivity (Wildman–Crippen MR) is 116 cm³/mol. The first kappa shape index (κ1) is 22.2. The number of nitrogens with zero attached hydrogens (tertiary/aromatic N) is 1. The van der Waals surface area contributed by atoms with E-state index in [1.807, 2.05) is 24.5 Å². The van der Waals surface area contributed by atoms with Crippen LogP contribution in [0.5, 0.6) is 0 Å². The van der Waals surface area contributed by atoms with Gasteiger partial charge in [-0.05, 0) is 72.3 Å². The number of hydrogen-bond acceptors (Lipinski definition) is 4. The molecule has 2 amide bonds. The summed E-state index contributed by atoms with van der Waals surface area (Å²) >= 11 is 5.08. The zero-order valence-corrected chi connectivity index (χ0v) is 18.6. The smallest absolute Gasteiger partial charge is 0.253 e. The lowest BCUT2D eigenvalue weighted by Crippen LogP contribution is -2.52. The number of piperidine rings is 1. The Hall–Kier alpha value is -1.05. The Balaban J connectivity index is 1.93. The standard InChI is InChI=1S/C20H30BrN3O2S/c1-3-11-24-12-8-15(9-13-24)22-20(26)18(10-14-27-2)23-19(25)16-6-4-5-7-17(16)21/h4-7,15,18H,3,8-14H2,1-2H3,(H,22,26)(H,23,25). The van der Waals surface area contributed by atoms with Gasteiger partial charge in [0.2, 0.25) is 5.91 Å². The first-order valence-electron chi connectivity index (χ1n) is 9.62. The van der Waals surface area contributed by atoms with Crippen LogP contribution < -0.4 is 10.6 Å². The first-order chi connectivity index (χ1) is 13.0. The van der Waals surface area contributed by atoms with Gasteiger partial charge in [-0.2, -0.15) is 11.8 Å². The van der Waals surface area contributed by atoms with Gasteiger partial charge in [0.05, 0.1) is 5.56 Å². The lowest BCUT2D eigenvalue weighted by atomic mass is 10.0. The van der Waals surface area contributed by atoms with Gasteiger partial charge in [0.1, 0.15) is 6.04 Å². The van der Waals surface area contributed by atoms with E-state index in [1.165, 1.54) is 0 Å². The van der Waals surface area contributed by atoms with E-state index in [-0.39, 0.29) is 17.9 Å². The number of thioether (sulfide) groups is 1. The van der Waals surface area contributed by atoms with E-state index in [4.69, 9.17) is 0 Å². The Kier molecular flexibility index (Phi) is 9.65. The molecule has 0 aromatic heterocycles. The number of carbonyl (C=O) groups excluding carboxylic acids is 2. The molecule has 7 heteroatoms. The van der Waals surface area contributed by atoms with Gasteiger partial charge in [0, 0.05) is 23.6 Å². The second-order valence-electron chi connectivity index (χ2n) is 6.91. The zero-order valence-electron chi connectivity index (χ0n) is 16.2. The largest absolute Gasteiger partial charge is 0.351 e. The highest BCUT2D eigenvalue weighted by Crippen LogP contribution is 2.16. The van der Waals surface area contributed by atoms with Gasteiger partial charge in [0.25, 0.3) is 5.91 Å². The quantitative estimate of drug-likeness (QED) is 0.599. The summed E-state index contributed by atoms with van der Waals surface area (Å²) in [5.41, 5.74) is 0.548. The molecule has 27 heavy (non-hydrogen) atoms. The third-order valence-corrected chi connectivity index (χ3v) is 6.16. The van der Waals surface area contributed by atoms with Crippen molar-refractivity contribution in [2.24, 2.45) is 0 Å². The van der Waals surface area contributed by atoms with E-state index in [0.29, 0.717) is 12.0 Å². The summed E-state index contributed by atoms with van der Waals surface area (Å²) in [6.45, 7) is 5.37. The molecule has 150 valence electrons. The number of hydrogen-bond donors (Lipinski definition) is 2. The van der Waals surface area contributed by atoms with Crippen molar-refractivity contribution >= 4 is 39.5 Å². The van der Waals surface area contributed by atoms with Crippen LogP contribution in [0.1, 0.15) is 43.0 Å². The van der Waals surface area contributed by atoms with Crippen LogP contribution in [0.3, 0.4) is 0 Å². The van der Waals surface area contributed by atoms with Gasteiger partial charge in [-0.1, -0.05) is 19.1 Å². The molecule has 1 unspecified atom stereocenters. The maximum atomic E-state index is 12.8. The van der Waals surface area contributed by atoms with Crippen molar-refractivity contribution in [3.8, 4) is 0 Å². The number of carbonyl (C=O) groups is 2. The van der Waals surface area contributed by atoms with Gasteiger partial charge in [-0.15, -0.1) is 0 Å². The molecule has 0 saturated carbocycles. The van der Waals surface area contributed by atoms with Crippen LogP contribution in [0.4, 0.5) is 0 Å². The molecule has 1 atom stereocenters. The van der Waals surface area contributed by atoms with Crippen molar-refractivity contribution in [3.63, 3.8) is 0 Å². The summed E-state index contributed by atoms with van der Waals surface area (Å²) in [6, 6.07) is 6.96. The monoisotopic (exact) mass is 455 g/mol. The summed E-state index contributed by atoms with van der Waals surface area (Å²) in [5, 5.41) is 6.08. The molecule has 1 heterocycles. The summed E-state index contributed by atoms with van der Waals surface area (Å²) in [4.78, 5) is 27.9. The molecule has 2 rings (SSSR count). The summed E-state index contributed by atoms with van der Waals surface area (Å²) in [6.07, 6.45) is 5.74. The van der Waals surface area contributed by atoms with Crippen LogP contribution in [0.2, 0.25) is 0 Å². The molecular weight excluding hydrogens is 426 g/mol. The minimum Gasteiger partial charge on any atom is -0.351 e. The average molecular weight is 456 g/mol. The van der Waals surface area contributed by atoms with E-state index >= 15 is 0 Å². The fourth-order valence-electron chi connectivity index (χ4n) is 3.30.